The first-order chi connectivity index (χ1) is 9.44. The lowest BCUT2D eigenvalue weighted by Crippen LogP contribution is -2.43. The second-order valence-electron chi connectivity index (χ2n) is 4.67. The van der Waals surface area contributed by atoms with Crippen molar-refractivity contribution in [2.75, 3.05) is 17.6 Å². The third-order valence-electron chi connectivity index (χ3n) is 3.34. The minimum Gasteiger partial charge on any atom is -0.325 e. The molecule has 1 aromatic rings. The molecular weight excluding hydrogens is 300 g/mol. The van der Waals surface area contributed by atoms with Gasteiger partial charge >= 0.3 is 0 Å². The number of nitrogens with zero attached hydrogens (tertiary/aromatic N) is 1. The lowest BCUT2D eigenvalue weighted by atomic mass is 10.2. The number of anilines is 1. The maximum atomic E-state index is 12.2. The summed E-state index contributed by atoms with van der Waals surface area (Å²) in [6.45, 7) is 2.00. The standard InChI is InChI=1S/C13H17ClN2O3S/c1-2-20(18,19)16-9-3-4-12(16)13(17)15-11-7-5-10(14)6-8-11/h5-8,12H,2-4,9H2,1H3,(H,15,17)/t12-/m0/s1. The number of hydrogen-bond acceptors (Lipinski definition) is 3. The highest BCUT2D eigenvalue weighted by Gasteiger charge is 2.37. The summed E-state index contributed by atoms with van der Waals surface area (Å²) < 4.78 is 25.2. The highest BCUT2D eigenvalue weighted by molar-refractivity contribution is 7.89. The van der Waals surface area contributed by atoms with E-state index in [1.807, 2.05) is 0 Å². The molecule has 0 aromatic heterocycles. The molecule has 1 aliphatic heterocycles. The Morgan fingerprint density at radius 2 is 2.05 bits per heavy atom. The van der Waals surface area contributed by atoms with E-state index in [-0.39, 0.29) is 11.7 Å². The number of carbonyl (C=O) groups is 1. The maximum absolute atomic E-state index is 12.2. The summed E-state index contributed by atoms with van der Waals surface area (Å²) in [5, 5.41) is 3.32. The van der Waals surface area contributed by atoms with Gasteiger partial charge in [0.2, 0.25) is 15.9 Å². The van der Waals surface area contributed by atoms with Gasteiger partial charge in [0, 0.05) is 17.3 Å². The van der Waals surface area contributed by atoms with Crippen LogP contribution in [0.4, 0.5) is 5.69 Å². The Bertz CT molecular complexity index is 586. The van der Waals surface area contributed by atoms with Crippen molar-refractivity contribution in [2.45, 2.75) is 25.8 Å². The fourth-order valence-electron chi connectivity index (χ4n) is 2.26. The van der Waals surface area contributed by atoms with E-state index in [4.69, 9.17) is 11.6 Å². The minimum atomic E-state index is -3.34. The van der Waals surface area contributed by atoms with Crippen LogP contribution in [0.25, 0.3) is 0 Å². The van der Waals surface area contributed by atoms with Crippen LogP contribution in [0, 0.1) is 0 Å². The van der Waals surface area contributed by atoms with Crippen LogP contribution in [0.2, 0.25) is 5.02 Å². The molecule has 1 saturated heterocycles. The SMILES string of the molecule is CCS(=O)(=O)N1CCC[C@H]1C(=O)Nc1ccc(Cl)cc1. The van der Waals surface area contributed by atoms with Crippen molar-refractivity contribution in [1.82, 2.24) is 4.31 Å². The molecule has 1 aliphatic rings. The molecular formula is C13H17ClN2O3S. The van der Waals surface area contributed by atoms with Crippen LogP contribution in [0.15, 0.2) is 24.3 Å². The van der Waals surface area contributed by atoms with Gasteiger partial charge in [-0.05, 0) is 44.0 Å². The van der Waals surface area contributed by atoms with Gasteiger partial charge in [-0.25, -0.2) is 8.42 Å². The zero-order valence-electron chi connectivity index (χ0n) is 11.2. The summed E-state index contributed by atoms with van der Waals surface area (Å²) in [6, 6.07) is 6.11. The van der Waals surface area contributed by atoms with Crippen LogP contribution in [-0.2, 0) is 14.8 Å². The molecule has 1 aromatic carbocycles. The predicted molar refractivity (Wildman–Crippen MR) is 79.3 cm³/mol. The maximum Gasteiger partial charge on any atom is 0.242 e. The smallest absolute Gasteiger partial charge is 0.242 e. The quantitative estimate of drug-likeness (QED) is 0.925. The Labute approximate surface area is 124 Å². The number of hydrogen-bond donors (Lipinski definition) is 1. The first-order valence-corrected chi connectivity index (χ1v) is 8.48. The average Bonchev–Trinajstić information content (AvgIpc) is 2.91. The van der Waals surface area contributed by atoms with Gasteiger partial charge in [0.05, 0.1) is 5.75 Å². The number of benzene rings is 1. The summed E-state index contributed by atoms with van der Waals surface area (Å²) in [5.41, 5.74) is 0.611. The molecule has 0 saturated carbocycles. The molecule has 2 rings (SSSR count). The average molecular weight is 317 g/mol. The summed E-state index contributed by atoms with van der Waals surface area (Å²) in [7, 11) is -3.34. The second kappa shape index (κ2) is 6.11. The van der Waals surface area contributed by atoms with Crippen molar-refractivity contribution in [3.8, 4) is 0 Å². The third-order valence-corrected chi connectivity index (χ3v) is 5.47. The normalized spacial score (nSPS) is 20.0. The van der Waals surface area contributed by atoms with Gasteiger partial charge < -0.3 is 5.32 Å². The first kappa shape index (κ1) is 15.3. The molecule has 1 fully saturated rings. The van der Waals surface area contributed by atoms with E-state index in [1.54, 1.807) is 31.2 Å². The molecule has 1 amide bonds. The lowest BCUT2D eigenvalue weighted by molar-refractivity contribution is -0.119. The van der Waals surface area contributed by atoms with E-state index in [0.29, 0.717) is 30.1 Å². The summed E-state index contributed by atoms with van der Waals surface area (Å²) in [4.78, 5) is 12.2. The van der Waals surface area contributed by atoms with Gasteiger partial charge in [-0.1, -0.05) is 11.6 Å². The Morgan fingerprint density at radius 1 is 1.40 bits per heavy atom. The number of sulfonamides is 1. The Kier molecular flexibility index (Phi) is 4.67. The molecule has 0 spiro atoms. The first-order valence-electron chi connectivity index (χ1n) is 6.50. The fraction of sp³-hybridized carbons (Fsp3) is 0.462. The monoisotopic (exact) mass is 316 g/mol. The van der Waals surface area contributed by atoms with Crippen LogP contribution in [-0.4, -0.2) is 37.0 Å². The molecule has 0 aliphatic carbocycles. The van der Waals surface area contributed by atoms with Crippen LogP contribution >= 0.6 is 11.6 Å². The van der Waals surface area contributed by atoms with Crippen LogP contribution in [0.1, 0.15) is 19.8 Å². The number of rotatable bonds is 4. The lowest BCUT2D eigenvalue weighted by Gasteiger charge is -2.22. The molecule has 5 nitrogen and oxygen atoms in total. The summed E-state index contributed by atoms with van der Waals surface area (Å²) in [5.74, 6) is -0.278. The Morgan fingerprint density at radius 3 is 2.65 bits per heavy atom. The van der Waals surface area contributed by atoms with Crippen LogP contribution in [0.3, 0.4) is 0 Å². The van der Waals surface area contributed by atoms with E-state index in [0.717, 1.165) is 0 Å². The van der Waals surface area contributed by atoms with E-state index in [9.17, 15) is 13.2 Å². The minimum absolute atomic E-state index is 0.0116. The molecule has 20 heavy (non-hydrogen) atoms. The van der Waals surface area contributed by atoms with Gasteiger partial charge in [-0.2, -0.15) is 4.31 Å². The van der Waals surface area contributed by atoms with Gasteiger partial charge in [-0.3, -0.25) is 4.79 Å². The zero-order chi connectivity index (χ0) is 14.8. The number of halogens is 1. The Hall–Kier alpha value is -1.11. The topological polar surface area (TPSA) is 66.5 Å². The van der Waals surface area contributed by atoms with Gasteiger partial charge in [0.1, 0.15) is 6.04 Å². The van der Waals surface area contributed by atoms with Crippen molar-refractivity contribution in [3.05, 3.63) is 29.3 Å². The van der Waals surface area contributed by atoms with Crippen LogP contribution in [0.5, 0.6) is 0 Å². The molecule has 7 heteroatoms. The van der Waals surface area contributed by atoms with Crippen molar-refractivity contribution in [2.24, 2.45) is 0 Å². The largest absolute Gasteiger partial charge is 0.325 e. The predicted octanol–water partition coefficient (Wildman–Crippen LogP) is 2.09. The number of nitrogens with one attached hydrogen (secondary N) is 1. The highest BCUT2D eigenvalue weighted by atomic mass is 35.5. The fourth-order valence-corrected chi connectivity index (χ4v) is 3.71. The van der Waals surface area contributed by atoms with E-state index in [1.165, 1.54) is 4.31 Å². The van der Waals surface area contributed by atoms with E-state index >= 15 is 0 Å². The molecule has 0 radical (unpaired) electrons. The summed E-state index contributed by atoms with van der Waals surface area (Å²) in [6.07, 6.45) is 1.26. The highest BCUT2D eigenvalue weighted by Crippen LogP contribution is 2.23. The van der Waals surface area contributed by atoms with Gasteiger partial charge in [-0.15, -0.1) is 0 Å². The van der Waals surface area contributed by atoms with Crippen molar-refractivity contribution in [3.63, 3.8) is 0 Å². The molecule has 110 valence electrons. The molecule has 0 unspecified atom stereocenters. The summed E-state index contributed by atoms with van der Waals surface area (Å²) >= 11 is 5.78. The molecule has 1 heterocycles. The number of amides is 1. The zero-order valence-corrected chi connectivity index (χ0v) is 12.7. The Balaban J connectivity index is 2.10. The molecule has 0 bridgehead atoms. The third kappa shape index (κ3) is 3.31. The van der Waals surface area contributed by atoms with Gasteiger partial charge in [0.15, 0.2) is 0 Å². The van der Waals surface area contributed by atoms with E-state index < -0.39 is 16.1 Å². The van der Waals surface area contributed by atoms with Crippen molar-refractivity contribution in [1.29, 1.82) is 0 Å². The van der Waals surface area contributed by atoms with Crippen molar-refractivity contribution >= 4 is 33.2 Å². The number of carbonyl (C=O) groups excluding carboxylic acids is 1. The van der Waals surface area contributed by atoms with E-state index in [2.05, 4.69) is 5.32 Å². The van der Waals surface area contributed by atoms with Crippen LogP contribution < -0.4 is 5.32 Å². The molecule has 1 atom stereocenters. The van der Waals surface area contributed by atoms with Gasteiger partial charge in [0.25, 0.3) is 0 Å². The van der Waals surface area contributed by atoms with Crippen molar-refractivity contribution < 1.29 is 13.2 Å². The second-order valence-corrected chi connectivity index (χ2v) is 7.31. The molecule has 1 N–H and O–H groups in total.